The van der Waals surface area contributed by atoms with Crippen LogP contribution in [0.1, 0.15) is 73.5 Å². The first kappa shape index (κ1) is 44.4. The average molecular weight is 980 g/mol. The summed E-state index contributed by atoms with van der Waals surface area (Å²) in [7, 11) is -2.63. The third kappa shape index (κ3) is 11.2. The molecule has 0 spiro atoms. The first-order chi connectivity index (χ1) is 33.7. The van der Waals surface area contributed by atoms with E-state index >= 15 is 0 Å². The van der Waals surface area contributed by atoms with E-state index < -0.39 is 33.9 Å². The van der Waals surface area contributed by atoms with Gasteiger partial charge in [-0.3, -0.25) is 0 Å². The van der Waals surface area contributed by atoms with E-state index in [0.717, 1.165) is 5.46 Å². The van der Waals surface area contributed by atoms with Crippen molar-refractivity contribution in [3.05, 3.63) is 154 Å². The van der Waals surface area contributed by atoms with Crippen LogP contribution in [-0.4, -0.2) is 46.2 Å². The molecule has 0 saturated heterocycles. The van der Waals surface area contributed by atoms with Crippen LogP contribution in [0.2, 0.25) is 21.9 Å². The van der Waals surface area contributed by atoms with Crippen LogP contribution in [0.15, 0.2) is 54.6 Å². The Kier molecular flexibility index (Phi) is 14.5. The average Bonchev–Trinajstić information content (AvgIpc) is 3.79. The van der Waals surface area contributed by atoms with Crippen LogP contribution in [0.4, 0.5) is 17.1 Å². The maximum atomic E-state index is 9.85. The lowest BCUT2D eigenvalue weighted by atomic mass is 9.64. The number of rotatable bonds is 6. The molecule has 6 aromatic rings. The quantitative estimate of drug-likeness (QED) is 0.121. The summed E-state index contributed by atoms with van der Waals surface area (Å²) in [5.41, 5.74) is 6.93. The third-order valence-electron chi connectivity index (χ3n) is 10.3. The van der Waals surface area contributed by atoms with Gasteiger partial charge in [-0.1, -0.05) is 68.6 Å². The number of halogens is 3. The van der Waals surface area contributed by atoms with Crippen LogP contribution in [0.5, 0.6) is 34.9 Å². The van der Waals surface area contributed by atoms with Crippen molar-refractivity contribution in [3.8, 4) is 34.9 Å². The molecule has 20 heteroatoms. The number of nitrogens with zero attached hydrogens (tertiary/aromatic N) is 6. The second-order valence-corrected chi connectivity index (χ2v) is 16.1. The summed E-state index contributed by atoms with van der Waals surface area (Å²) >= 11 is 18.4. The van der Waals surface area contributed by atoms with Gasteiger partial charge >= 0.3 is 21.2 Å². The number of aryl methyl sites for hydroxylation is 5. The highest BCUT2D eigenvalue weighted by Crippen LogP contribution is 2.37. The Hall–Kier alpha value is -6.16. The molecule has 3 aliphatic rings. The molecular weight excluding hydrogens is 927 g/mol. The number of pyridine rings is 3. The Bertz CT molecular complexity index is 3270. The van der Waals surface area contributed by atoms with Crippen molar-refractivity contribution < 1.29 is 46.4 Å². The van der Waals surface area contributed by atoms with E-state index in [2.05, 4.69) is 29.5 Å². The largest absolute Gasteiger partial charge is 0.492 e. The topological polar surface area (TPSA) is 148 Å². The Labute approximate surface area is 421 Å². The summed E-state index contributed by atoms with van der Waals surface area (Å²) in [5, 5.41) is 20.3. The number of ether oxygens (including phenoxy) is 3. The molecule has 346 valence electrons. The van der Waals surface area contributed by atoms with Crippen LogP contribution in [0.3, 0.4) is 0 Å². The zero-order valence-corrected chi connectivity index (χ0v) is 38.4. The van der Waals surface area contributed by atoms with E-state index in [1.807, 2.05) is 6.82 Å². The Morgan fingerprint density at radius 3 is 1.65 bits per heavy atom. The predicted octanol–water partition coefficient (Wildman–Crippen LogP) is 11.2. The molecule has 0 radical (unpaired) electrons. The van der Waals surface area contributed by atoms with E-state index in [0.29, 0.717) is 84.6 Å². The summed E-state index contributed by atoms with van der Waals surface area (Å²) < 4.78 is 79.9. The fourth-order valence-corrected chi connectivity index (χ4v) is 7.29. The molecule has 3 aliphatic heterocycles. The zero-order valence-electron chi connectivity index (χ0n) is 42.1. The van der Waals surface area contributed by atoms with Crippen LogP contribution in [0, 0.1) is 61.3 Å². The molecular formula is C48H46B3Cl3N6O8. The molecule has 0 bridgehead atoms. The summed E-state index contributed by atoms with van der Waals surface area (Å²) in [4.78, 5) is 22.6. The van der Waals surface area contributed by atoms with Crippen molar-refractivity contribution in [1.82, 2.24) is 15.0 Å². The second kappa shape index (κ2) is 22.3. The van der Waals surface area contributed by atoms with Gasteiger partial charge in [-0.25, -0.2) is 29.5 Å². The van der Waals surface area contributed by atoms with Gasteiger partial charge in [0.1, 0.15) is 17.2 Å². The molecule has 0 atom stereocenters. The molecule has 2 N–H and O–H groups in total. The Balaban J connectivity index is 0.000000203. The molecule has 0 saturated carbocycles. The SMILES string of the molecule is C.C.[2H]C1([2H])OB(C)c2ccc(Oc3nc(C)c([N+]#[C-])cc3Cl)c(C)c21.[2H]C1([2H])OB(O)c2c(C)cc(Oc3nc(C)c([N+]#[C-])cc3Cl)cc21.[2H]C1([2H])OB(O)c2cc(C)c(Oc3nc(C)c([N+]#[C-])cc3Cl)cc21. The lowest BCUT2D eigenvalue weighted by Crippen LogP contribution is -2.30. The number of benzene rings is 3. The van der Waals surface area contributed by atoms with Gasteiger partial charge in [0.15, 0.2) is 0 Å². The van der Waals surface area contributed by atoms with Crippen LogP contribution in [0.25, 0.3) is 14.5 Å². The number of fused-ring (bicyclic) bond motifs is 3. The summed E-state index contributed by atoms with van der Waals surface area (Å²) in [6, 6.07) is 14.2. The van der Waals surface area contributed by atoms with E-state index in [4.69, 9.17) is 90.9 Å². The minimum atomic E-state index is -2.11. The van der Waals surface area contributed by atoms with Crippen molar-refractivity contribution in [2.75, 3.05) is 0 Å². The Morgan fingerprint density at radius 2 is 1.10 bits per heavy atom. The number of hydrogen-bond donors (Lipinski definition) is 2. The highest BCUT2D eigenvalue weighted by Gasteiger charge is 2.31. The third-order valence-corrected chi connectivity index (χ3v) is 11.1. The molecule has 9 rings (SSSR count). The van der Waals surface area contributed by atoms with Crippen molar-refractivity contribution in [3.63, 3.8) is 0 Å². The lowest BCUT2D eigenvalue weighted by Gasteiger charge is -2.13. The highest BCUT2D eigenvalue weighted by atomic mass is 35.5. The van der Waals surface area contributed by atoms with Gasteiger partial charge in [-0.05, 0) is 134 Å². The van der Waals surface area contributed by atoms with Crippen molar-refractivity contribution in [2.45, 2.75) is 82.9 Å². The maximum Gasteiger partial charge on any atom is 0.492 e. The second-order valence-electron chi connectivity index (χ2n) is 14.8. The van der Waals surface area contributed by atoms with Crippen molar-refractivity contribution >= 4 is 89.4 Å². The molecule has 3 aromatic heterocycles. The summed E-state index contributed by atoms with van der Waals surface area (Å²) in [6.07, 6.45) is 0. The van der Waals surface area contributed by atoms with E-state index in [9.17, 15) is 10.0 Å². The van der Waals surface area contributed by atoms with Gasteiger partial charge in [0.25, 0.3) is 0 Å². The molecule has 6 heterocycles. The van der Waals surface area contributed by atoms with E-state index in [1.165, 1.54) is 30.3 Å². The molecule has 0 amide bonds. The summed E-state index contributed by atoms with van der Waals surface area (Å²) in [6.45, 7) is 26.9. The Morgan fingerprint density at radius 1 is 0.603 bits per heavy atom. The van der Waals surface area contributed by atoms with Crippen LogP contribution < -0.4 is 30.6 Å². The van der Waals surface area contributed by atoms with Crippen LogP contribution in [-0.2, 0) is 33.6 Å². The summed E-state index contributed by atoms with van der Waals surface area (Å²) in [5.74, 6) is 1.57. The number of aromatic nitrogens is 3. The molecule has 3 aromatic carbocycles. The fraction of sp³-hybridized carbons (Fsp3) is 0.250. The lowest BCUT2D eigenvalue weighted by molar-refractivity contribution is 0.274. The highest BCUT2D eigenvalue weighted by molar-refractivity contribution is 6.67. The first-order valence-corrected chi connectivity index (χ1v) is 20.8. The van der Waals surface area contributed by atoms with Crippen LogP contribution >= 0.6 is 34.8 Å². The van der Waals surface area contributed by atoms with Gasteiger partial charge in [0.05, 0.1) is 62.7 Å². The van der Waals surface area contributed by atoms with Crippen molar-refractivity contribution in [1.29, 1.82) is 0 Å². The molecule has 14 nitrogen and oxygen atoms in total. The standard InChI is InChI=1S/C16H14BClN2O2.2C15H12BClN2O3.2CH4/c1-9-11-8-21-17(3)12(11)5-6-15(9)22-16-13(18)7-14(19-4)10(2)20-16;1-8-4-11-10(7-21-16(11)20)5-14(8)22-15-12(17)6-13(18-3)9(2)19-15;1-8-4-11(5-10-7-21-16(20)14(8)10)22-15-12(17)6-13(18-3)9(2)19-15;;/h5-7H,8H2,1-3H3;2*4-6,20H,7H2,1-2H3;2*1H4/i8D2;2*7D2;;. The zero-order chi connectivity index (χ0) is 52.9. The van der Waals surface area contributed by atoms with Gasteiger partial charge in [0.2, 0.25) is 34.7 Å². The first-order valence-electron chi connectivity index (χ1n) is 22.7. The van der Waals surface area contributed by atoms with Gasteiger partial charge < -0.3 is 38.2 Å². The molecule has 68 heavy (non-hydrogen) atoms. The smallest absolute Gasteiger partial charge is 0.438 e. The molecule has 0 unspecified atom stereocenters. The molecule has 0 aliphatic carbocycles. The van der Waals surface area contributed by atoms with Crippen molar-refractivity contribution in [2.24, 2.45) is 0 Å². The normalized spacial score (nSPS) is 16.1. The maximum absolute atomic E-state index is 9.85. The fourth-order valence-electron chi connectivity index (χ4n) is 6.74. The number of hydrogen-bond acceptors (Lipinski definition) is 11. The van der Waals surface area contributed by atoms with Gasteiger partial charge in [0, 0.05) is 17.1 Å². The van der Waals surface area contributed by atoms with E-state index in [-0.39, 0.29) is 65.6 Å². The minimum absolute atomic E-state index is 0. The van der Waals surface area contributed by atoms with Gasteiger partial charge in [-0.2, -0.15) is 0 Å². The monoisotopic (exact) mass is 978 g/mol. The van der Waals surface area contributed by atoms with E-state index in [1.54, 1.807) is 65.8 Å². The minimum Gasteiger partial charge on any atom is -0.438 e. The predicted molar refractivity (Wildman–Crippen MR) is 269 cm³/mol. The van der Waals surface area contributed by atoms with Gasteiger partial charge in [-0.15, -0.1) is 0 Å². The molecule has 0 fully saturated rings.